The van der Waals surface area contributed by atoms with Crippen LogP contribution in [0.3, 0.4) is 0 Å². The van der Waals surface area contributed by atoms with Gasteiger partial charge in [0.1, 0.15) is 17.5 Å². The Balaban J connectivity index is 2.27. The first kappa shape index (κ1) is 13.7. The largest absolute Gasteiger partial charge is 0.497 e. The predicted molar refractivity (Wildman–Crippen MR) is 71.4 cm³/mol. The predicted octanol–water partition coefficient (Wildman–Crippen LogP) is -0.0911. The van der Waals surface area contributed by atoms with E-state index >= 15 is 0 Å². The van der Waals surface area contributed by atoms with Gasteiger partial charge in [-0.3, -0.25) is 4.79 Å². The number of carbonyl (C=O) groups excluding carboxylic acids is 1. The SMILES string of the molecule is COc1ccc([C@H]2CCC[NH+]2CC(N)=O)c(OC)c1. The van der Waals surface area contributed by atoms with E-state index in [0.717, 1.165) is 36.4 Å². The molecule has 2 atom stereocenters. The third-order valence-electron chi connectivity index (χ3n) is 3.70. The van der Waals surface area contributed by atoms with E-state index in [1.54, 1.807) is 14.2 Å². The van der Waals surface area contributed by atoms with Gasteiger partial charge in [-0.15, -0.1) is 0 Å². The molecule has 1 aromatic carbocycles. The van der Waals surface area contributed by atoms with Crippen LogP contribution in [0.2, 0.25) is 0 Å². The summed E-state index contributed by atoms with van der Waals surface area (Å²) in [5, 5.41) is 0. The Kier molecular flexibility index (Phi) is 4.27. The average molecular weight is 265 g/mol. The monoisotopic (exact) mass is 265 g/mol. The van der Waals surface area contributed by atoms with Crippen LogP contribution in [0.1, 0.15) is 24.4 Å². The molecule has 3 N–H and O–H groups in total. The van der Waals surface area contributed by atoms with Gasteiger partial charge in [-0.1, -0.05) is 0 Å². The van der Waals surface area contributed by atoms with Crippen molar-refractivity contribution in [3.05, 3.63) is 23.8 Å². The Morgan fingerprint density at radius 3 is 2.84 bits per heavy atom. The first-order valence-electron chi connectivity index (χ1n) is 6.50. The van der Waals surface area contributed by atoms with Gasteiger partial charge in [0.15, 0.2) is 6.54 Å². The number of primary amides is 1. The minimum atomic E-state index is -0.255. The molecule has 0 bridgehead atoms. The molecule has 2 rings (SSSR count). The summed E-state index contributed by atoms with van der Waals surface area (Å²) in [6.07, 6.45) is 2.15. The molecule has 1 aliphatic heterocycles. The molecule has 1 saturated heterocycles. The average Bonchev–Trinajstić information content (AvgIpc) is 2.85. The minimum absolute atomic E-state index is 0.255. The van der Waals surface area contributed by atoms with Crippen molar-refractivity contribution in [1.82, 2.24) is 0 Å². The number of amides is 1. The molecule has 0 radical (unpaired) electrons. The van der Waals surface area contributed by atoms with Gasteiger partial charge in [0.25, 0.3) is 5.91 Å². The summed E-state index contributed by atoms with van der Waals surface area (Å²) in [4.78, 5) is 12.4. The molecule has 0 aromatic heterocycles. The van der Waals surface area contributed by atoms with E-state index in [-0.39, 0.29) is 11.9 Å². The maximum absolute atomic E-state index is 11.1. The number of hydrogen-bond acceptors (Lipinski definition) is 3. The number of quaternary nitrogens is 1. The zero-order valence-electron chi connectivity index (χ0n) is 11.4. The highest BCUT2D eigenvalue weighted by Gasteiger charge is 2.33. The molecule has 1 heterocycles. The number of carbonyl (C=O) groups is 1. The Hall–Kier alpha value is -1.75. The van der Waals surface area contributed by atoms with Gasteiger partial charge < -0.3 is 20.1 Å². The number of nitrogens with two attached hydrogens (primary N) is 1. The number of nitrogens with one attached hydrogen (secondary N) is 1. The van der Waals surface area contributed by atoms with Crippen molar-refractivity contribution < 1.29 is 19.2 Å². The number of ether oxygens (including phenoxy) is 2. The normalized spacial score (nSPS) is 22.2. The summed E-state index contributed by atoms with van der Waals surface area (Å²) in [5.74, 6) is 1.33. The molecule has 104 valence electrons. The van der Waals surface area contributed by atoms with Crippen molar-refractivity contribution >= 4 is 5.91 Å². The fourth-order valence-electron chi connectivity index (χ4n) is 2.83. The van der Waals surface area contributed by atoms with E-state index in [1.807, 2.05) is 18.2 Å². The molecular formula is C14H21N2O3+. The fraction of sp³-hybridized carbons (Fsp3) is 0.500. The van der Waals surface area contributed by atoms with E-state index in [9.17, 15) is 4.79 Å². The molecular weight excluding hydrogens is 244 g/mol. The highest BCUT2D eigenvalue weighted by molar-refractivity contribution is 5.74. The zero-order chi connectivity index (χ0) is 13.8. The van der Waals surface area contributed by atoms with E-state index in [2.05, 4.69) is 0 Å². The van der Waals surface area contributed by atoms with Crippen molar-refractivity contribution in [3.63, 3.8) is 0 Å². The second-order valence-corrected chi connectivity index (χ2v) is 4.85. The van der Waals surface area contributed by atoms with Crippen LogP contribution in [0.4, 0.5) is 0 Å². The molecule has 5 nitrogen and oxygen atoms in total. The topological polar surface area (TPSA) is 66.0 Å². The highest BCUT2D eigenvalue weighted by Crippen LogP contribution is 2.31. The lowest BCUT2D eigenvalue weighted by Gasteiger charge is -2.22. The fourth-order valence-corrected chi connectivity index (χ4v) is 2.83. The molecule has 1 aromatic rings. The van der Waals surface area contributed by atoms with Gasteiger partial charge in [-0.2, -0.15) is 0 Å². The molecule has 1 unspecified atom stereocenters. The van der Waals surface area contributed by atoms with E-state index < -0.39 is 0 Å². The second kappa shape index (κ2) is 5.93. The first-order valence-corrected chi connectivity index (χ1v) is 6.50. The summed E-state index contributed by atoms with van der Waals surface area (Å²) < 4.78 is 10.6. The number of hydrogen-bond donors (Lipinski definition) is 2. The van der Waals surface area contributed by atoms with Crippen molar-refractivity contribution in [1.29, 1.82) is 0 Å². The lowest BCUT2D eigenvalue weighted by atomic mass is 10.0. The zero-order valence-corrected chi connectivity index (χ0v) is 11.4. The third-order valence-corrected chi connectivity index (χ3v) is 3.70. The Bertz CT molecular complexity index is 462. The van der Waals surface area contributed by atoms with Crippen LogP contribution in [-0.2, 0) is 4.79 Å². The van der Waals surface area contributed by atoms with Crippen LogP contribution < -0.4 is 20.1 Å². The maximum Gasteiger partial charge on any atom is 0.272 e. The third kappa shape index (κ3) is 2.98. The molecule has 1 amide bonds. The Labute approximate surface area is 113 Å². The van der Waals surface area contributed by atoms with Crippen molar-refractivity contribution in [3.8, 4) is 11.5 Å². The van der Waals surface area contributed by atoms with Crippen LogP contribution in [0, 0.1) is 0 Å². The van der Waals surface area contributed by atoms with Gasteiger partial charge in [0, 0.05) is 18.9 Å². The lowest BCUT2D eigenvalue weighted by molar-refractivity contribution is -0.910. The van der Waals surface area contributed by atoms with Crippen LogP contribution in [0.15, 0.2) is 18.2 Å². The summed E-state index contributed by atoms with van der Waals surface area (Å²) in [5.41, 5.74) is 6.44. The van der Waals surface area contributed by atoms with Gasteiger partial charge in [-0.25, -0.2) is 0 Å². The molecule has 1 fully saturated rings. The molecule has 0 saturated carbocycles. The molecule has 1 aliphatic rings. The maximum atomic E-state index is 11.1. The van der Waals surface area contributed by atoms with Gasteiger partial charge in [0.2, 0.25) is 0 Å². The van der Waals surface area contributed by atoms with Gasteiger partial charge in [0.05, 0.1) is 26.3 Å². The van der Waals surface area contributed by atoms with Crippen LogP contribution in [0.5, 0.6) is 11.5 Å². The quantitative estimate of drug-likeness (QED) is 0.782. The van der Waals surface area contributed by atoms with E-state index in [4.69, 9.17) is 15.2 Å². The minimum Gasteiger partial charge on any atom is -0.497 e. The Morgan fingerprint density at radius 1 is 1.42 bits per heavy atom. The van der Waals surface area contributed by atoms with Gasteiger partial charge >= 0.3 is 0 Å². The lowest BCUT2D eigenvalue weighted by Crippen LogP contribution is -3.11. The van der Waals surface area contributed by atoms with Crippen LogP contribution in [0.25, 0.3) is 0 Å². The highest BCUT2D eigenvalue weighted by atomic mass is 16.5. The van der Waals surface area contributed by atoms with Crippen LogP contribution in [-0.4, -0.2) is 33.2 Å². The smallest absolute Gasteiger partial charge is 0.272 e. The number of likely N-dealkylation sites (tertiary alicyclic amines) is 1. The van der Waals surface area contributed by atoms with Crippen molar-refractivity contribution in [2.75, 3.05) is 27.3 Å². The molecule has 5 heteroatoms. The molecule has 0 aliphatic carbocycles. The van der Waals surface area contributed by atoms with Crippen molar-refractivity contribution in [2.45, 2.75) is 18.9 Å². The summed E-state index contributed by atoms with van der Waals surface area (Å²) in [7, 11) is 3.29. The van der Waals surface area contributed by atoms with E-state index in [1.165, 1.54) is 4.90 Å². The van der Waals surface area contributed by atoms with Crippen LogP contribution >= 0.6 is 0 Å². The second-order valence-electron chi connectivity index (χ2n) is 4.85. The molecule has 19 heavy (non-hydrogen) atoms. The Morgan fingerprint density at radius 2 is 2.21 bits per heavy atom. The van der Waals surface area contributed by atoms with E-state index in [0.29, 0.717) is 6.54 Å². The number of methoxy groups -OCH3 is 2. The first-order chi connectivity index (χ1) is 9.15. The summed E-state index contributed by atoms with van der Waals surface area (Å²) in [6, 6.07) is 6.11. The molecule has 0 spiro atoms. The number of rotatable bonds is 5. The van der Waals surface area contributed by atoms with Crippen molar-refractivity contribution in [2.24, 2.45) is 5.73 Å². The van der Waals surface area contributed by atoms with Gasteiger partial charge in [-0.05, 0) is 12.1 Å². The summed E-state index contributed by atoms with van der Waals surface area (Å²) in [6.45, 7) is 1.35. The number of benzene rings is 1. The standard InChI is InChI=1S/C14H20N2O3/c1-18-10-5-6-11(13(8-10)19-2)12-4-3-7-16(12)9-14(15)17/h5-6,8,12H,3-4,7,9H2,1-2H3,(H2,15,17)/p+1/t12-/m1/s1. The summed E-state index contributed by atoms with van der Waals surface area (Å²) >= 11 is 0.